The number of benzene rings is 1. The zero-order chi connectivity index (χ0) is 14.7. The minimum atomic E-state index is 0.181. The molecule has 0 atom stereocenters. The molecule has 5 heteroatoms. The summed E-state index contributed by atoms with van der Waals surface area (Å²) in [5, 5.41) is 3.92. The first-order valence-electron chi connectivity index (χ1n) is 6.96. The fraction of sp³-hybridized carbons (Fsp3) is 0.312. The van der Waals surface area contributed by atoms with E-state index in [0.717, 1.165) is 32.2 Å². The molecule has 0 amide bonds. The van der Waals surface area contributed by atoms with Crippen molar-refractivity contribution in [2.45, 2.75) is 18.9 Å². The van der Waals surface area contributed by atoms with Crippen LogP contribution in [0.1, 0.15) is 23.2 Å². The van der Waals surface area contributed by atoms with E-state index in [1.165, 1.54) is 5.00 Å². The SMILES string of the molecule is O=Cc1ccc(OC2CCN(c3cccs3)CC2)c(Cl)c1. The van der Waals surface area contributed by atoms with Crippen LogP contribution in [0.25, 0.3) is 0 Å². The van der Waals surface area contributed by atoms with E-state index < -0.39 is 0 Å². The number of hydrogen-bond donors (Lipinski definition) is 0. The summed E-state index contributed by atoms with van der Waals surface area (Å²) in [6, 6.07) is 9.38. The normalized spacial score (nSPS) is 16.0. The second kappa shape index (κ2) is 6.50. The van der Waals surface area contributed by atoms with Crippen LogP contribution in [0, 0.1) is 0 Å². The fourth-order valence-corrected chi connectivity index (χ4v) is 3.53. The molecule has 3 nitrogen and oxygen atoms in total. The minimum absolute atomic E-state index is 0.181. The van der Waals surface area contributed by atoms with Gasteiger partial charge < -0.3 is 9.64 Å². The van der Waals surface area contributed by atoms with Crippen LogP contribution in [0.2, 0.25) is 5.02 Å². The molecule has 1 aliphatic heterocycles. The molecular weight excluding hydrogens is 306 g/mol. The molecule has 1 fully saturated rings. The minimum Gasteiger partial charge on any atom is -0.489 e. The summed E-state index contributed by atoms with van der Waals surface area (Å²) >= 11 is 7.92. The third-order valence-electron chi connectivity index (χ3n) is 3.65. The van der Waals surface area contributed by atoms with Gasteiger partial charge in [-0.2, -0.15) is 0 Å². The molecule has 21 heavy (non-hydrogen) atoms. The van der Waals surface area contributed by atoms with Crippen molar-refractivity contribution in [2.24, 2.45) is 0 Å². The Bertz CT molecular complexity index is 607. The number of thiophene rings is 1. The number of piperidine rings is 1. The fourth-order valence-electron chi connectivity index (χ4n) is 2.51. The largest absolute Gasteiger partial charge is 0.489 e. The van der Waals surface area contributed by atoms with Crippen LogP contribution in [0.5, 0.6) is 5.75 Å². The number of carbonyl (C=O) groups is 1. The van der Waals surface area contributed by atoms with E-state index in [1.807, 2.05) is 0 Å². The van der Waals surface area contributed by atoms with Gasteiger partial charge in [0.05, 0.1) is 10.0 Å². The Labute approximate surface area is 133 Å². The quantitative estimate of drug-likeness (QED) is 0.788. The van der Waals surface area contributed by atoms with Crippen molar-refractivity contribution in [2.75, 3.05) is 18.0 Å². The van der Waals surface area contributed by atoms with Crippen molar-refractivity contribution in [1.29, 1.82) is 0 Å². The monoisotopic (exact) mass is 321 g/mol. The van der Waals surface area contributed by atoms with Gasteiger partial charge in [0.25, 0.3) is 0 Å². The number of anilines is 1. The Morgan fingerprint density at radius 2 is 2.10 bits per heavy atom. The van der Waals surface area contributed by atoms with Crippen LogP contribution in [-0.2, 0) is 0 Å². The van der Waals surface area contributed by atoms with Gasteiger partial charge in [-0.3, -0.25) is 4.79 Å². The maximum absolute atomic E-state index is 10.7. The first-order chi connectivity index (χ1) is 10.3. The Balaban J connectivity index is 1.59. The highest BCUT2D eigenvalue weighted by Crippen LogP contribution is 2.30. The van der Waals surface area contributed by atoms with E-state index in [4.69, 9.17) is 16.3 Å². The summed E-state index contributed by atoms with van der Waals surface area (Å²) in [6.45, 7) is 1.99. The predicted octanol–water partition coefficient (Wildman–Crippen LogP) is 4.26. The van der Waals surface area contributed by atoms with Gasteiger partial charge in [-0.05, 0) is 35.7 Å². The van der Waals surface area contributed by atoms with E-state index >= 15 is 0 Å². The van der Waals surface area contributed by atoms with Gasteiger partial charge in [-0.25, -0.2) is 0 Å². The molecule has 0 saturated carbocycles. The van der Waals surface area contributed by atoms with E-state index in [2.05, 4.69) is 22.4 Å². The zero-order valence-electron chi connectivity index (χ0n) is 11.5. The van der Waals surface area contributed by atoms with Crippen molar-refractivity contribution in [3.05, 3.63) is 46.3 Å². The number of rotatable bonds is 4. The molecule has 0 N–H and O–H groups in total. The van der Waals surface area contributed by atoms with Crippen molar-refractivity contribution >= 4 is 34.2 Å². The van der Waals surface area contributed by atoms with Gasteiger partial charge in [-0.15, -0.1) is 11.3 Å². The van der Waals surface area contributed by atoms with E-state index in [9.17, 15) is 4.79 Å². The Morgan fingerprint density at radius 1 is 1.29 bits per heavy atom. The molecule has 1 saturated heterocycles. The molecule has 1 aromatic carbocycles. The van der Waals surface area contributed by atoms with Crippen LogP contribution >= 0.6 is 22.9 Å². The molecule has 2 aromatic rings. The summed E-state index contributed by atoms with van der Waals surface area (Å²) in [6.07, 6.45) is 2.92. The average molecular weight is 322 g/mol. The maximum atomic E-state index is 10.7. The molecular formula is C16H16ClNO2S. The molecule has 3 rings (SSSR count). The van der Waals surface area contributed by atoms with Crippen molar-refractivity contribution in [1.82, 2.24) is 0 Å². The lowest BCUT2D eigenvalue weighted by Crippen LogP contribution is -2.37. The van der Waals surface area contributed by atoms with Crippen molar-refractivity contribution < 1.29 is 9.53 Å². The van der Waals surface area contributed by atoms with E-state index in [1.54, 1.807) is 29.5 Å². The third kappa shape index (κ3) is 3.39. The highest BCUT2D eigenvalue weighted by Gasteiger charge is 2.21. The highest BCUT2D eigenvalue weighted by molar-refractivity contribution is 7.14. The lowest BCUT2D eigenvalue weighted by atomic mass is 10.1. The van der Waals surface area contributed by atoms with Crippen LogP contribution in [-0.4, -0.2) is 25.5 Å². The van der Waals surface area contributed by atoms with Gasteiger partial charge in [0.2, 0.25) is 0 Å². The maximum Gasteiger partial charge on any atom is 0.150 e. The molecule has 0 aliphatic carbocycles. The summed E-state index contributed by atoms with van der Waals surface area (Å²) in [5.74, 6) is 0.664. The molecule has 0 spiro atoms. The molecule has 1 aromatic heterocycles. The van der Waals surface area contributed by atoms with Gasteiger partial charge in [0.1, 0.15) is 18.1 Å². The molecule has 2 heterocycles. The lowest BCUT2D eigenvalue weighted by molar-refractivity contribution is 0.112. The summed E-state index contributed by atoms with van der Waals surface area (Å²) in [5.41, 5.74) is 0.569. The Kier molecular flexibility index (Phi) is 4.46. The van der Waals surface area contributed by atoms with Gasteiger partial charge in [0.15, 0.2) is 0 Å². The van der Waals surface area contributed by atoms with Gasteiger partial charge in [-0.1, -0.05) is 11.6 Å². The predicted molar refractivity (Wildman–Crippen MR) is 87.0 cm³/mol. The van der Waals surface area contributed by atoms with Crippen molar-refractivity contribution in [3.8, 4) is 5.75 Å². The van der Waals surface area contributed by atoms with Gasteiger partial charge in [0, 0.05) is 31.5 Å². The van der Waals surface area contributed by atoms with Crippen molar-refractivity contribution in [3.63, 3.8) is 0 Å². The highest BCUT2D eigenvalue weighted by atomic mass is 35.5. The van der Waals surface area contributed by atoms with Crippen LogP contribution in [0.3, 0.4) is 0 Å². The Morgan fingerprint density at radius 3 is 2.71 bits per heavy atom. The first kappa shape index (κ1) is 14.4. The number of ether oxygens (including phenoxy) is 1. The standard InChI is InChI=1S/C16H16ClNO2S/c17-14-10-12(11-19)3-4-15(14)20-13-5-7-18(8-6-13)16-2-1-9-21-16/h1-4,9-11,13H,5-8H2. The van der Waals surface area contributed by atoms with E-state index in [0.29, 0.717) is 16.3 Å². The molecule has 0 bridgehead atoms. The van der Waals surface area contributed by atoms with Crippen LogP contribution in [0.15, 0.2) is 35.7 Å². The Hall–Kier alpha value is -1.52. The number of halogens is 1. The molecule has 0 radical (unpaired) electrons. The number of nitrogens with zero attached hydrogens (tertiary/aromatic N) is 1. The third-order valence-corrected chi connectivity index (χ3v) is 4.87. The topological polar surface area (TPSA) is 29.5 Å². The zero-order valence-corrected chi connectivity index (χ0v) is 13.1. The molecule has 0 unspecified atom stereocenters. The lowest BCUT2D eigenvalue weighted by Gasteiger charge is -2.32. The second-order valence-electron chi connectivity index (χ2n) is 5.06. The van der Waals surface area contributed by atoms with E-state index in [-0.39, 0.29) is 6.10 Å². The number of aldehydes is 1. The summed E-state index contributed by atoms with van der Waals surface area (Å²) in [4.78, 5) is 13.1. The average Bonchev–Trinajstić information content (AvgIpc) is 3.04. The van der Waals surface area contributed by atoms with Gasteiger partial charge >= 0.3 is 0 Å². The second-order valence-corrected chi connectivity index (χ2v) is 6.40. The first-order valence-corrected chi connectivity index (χ1v) is 8.22. The summed E-state index contributed by atoms with van der Waals surface area (Å²) < 4.78 is 5.98. The number of carbonyl (C=O) groups excluding carboxylic acids is 1. The smallest absolute Gasteiger partial charge is 0.150 e. The molecule has 1 aliphatic rings. The molecule has 110 valence electrons. The van der Waals surface area contributed by atoms with Crippen LogP contribution in [0.4, 0.5) is 5.00 Å². The summed E-state index contributed by atoms with van der Waals surface area (Å²) in [7, 11) is 0. The number of hydrogen-bond acceptors (Lipinski definition) is 4. The van der Waals surface area contributed by atoms with Crippen LogP contribution < -0.4 is 9.64 Å².